The Balaban J connectivity index is 0.00000192. The average Bonchev–Trinajstić information content (AvgIpc) is 2.91. The molecule has 23 heavy (non-hydrogen) atoms. The second-order valence-corrected chi connectivity index (χ2v) is 6.61. The van der Waals surface area contributed by atoms with Crippen LogP contribution in [0.25, 0.3) is 10.2 Å². The van der Waals surface area contributed by atoms with Crippen molar-refractivity contribution < 1.29 is 4.79 Å². The van der Waals surface area contributed by atoms with E-state index in [1.165, 1.54) is 16.9 Å². The van der Waals surface area contributed by atoms with Crippen LogP contribution in [0.15, 0.2) is 11.1 Å². The fourth-order valence-corrected chi connectivity index (χ4v) is 4.08. The molecule has 126 valence electrons. The summed E-state index contributed by atoms with van der Waals surface area (Å²) in [5.74, 6) is -0.0928. The molecule has 0 aromatic carbocycles. The summed E-state index contributed by atoms with van der Waals surface area (Å²) >= 11 is 1.64. The van der Waals surface area contributed by atoms with Gasteiger partial charge in [-0.25, -0.2) is 4.98 Å². The van der Waals surface area contributed by atoms with Crippen LogP contribution in [0.5, 0.6) is 0 Å². The summed E-state index contributed by atoms with van der Waals surface area (Å²) in [6, 6.07) is 0. The first kappa shape index (κ1) is 17.9. The Morgan fingerprint density at radius 2 is 2.17 bits per heavy atom. The lowest BCUT2D eigenvalue weighted by Gasteiger charge is -2.10. The maximum Gasteiger partial charge on any atom is 0.262 e. The summed E-state index contributed by atoms with van der Waals surface area (Å²) in [7, 11) is 0. The van der Waals surface area contributed by atoms with Gasteiger partial charge in [0.1, 0.15) is 4.83 Å². The van der Waals surface area contributed by atoms with E-state index < -0.39 is 0 Å². The molecule has 8 heteroatoms. The molecule has 0 aliphatic heterocycles. The predicted octanol–water partition coefficient (Wildman–Crippen LogP) is 1.22. The Morgan fingerprint density at radius 1 is 1.39 bits per heavy atom. The van der Waals surface area contributed by atoms with E-state index >= 15 is 0 Å². The lowest BCUT2D eigenvalue weighted by molar-refractivity contribution is -0.121. The molecular weight excluding hydrogens is 336 g/mol. The first-order valence-electron chi connectivity index (χ1n) is 7.67. The molecule has 0 saturated carbocycles. The molecule has 0 bridgehead atoms. The van der Waals surface area contributed by atoms with Gasteiger partial charge in [0.25, 0.3) is 5.56 Å². The zero-order chi connectivity index (χ0) is 15.5. The summed E-state index contributed by atoms with van der Waals surface area (Å²) in [6.07, 6.45) is 6.16. The highest BCUT2D eigenvalue weighted by Gasteiger charge is 2.19. The van der Waals surface area contributed by atoms with Crippen molar-refractivity contribution >= 4 is 39.9 Å². The number of aryl methyl sites for hydroxylation is 3. The minimum Gasteiger partial charge on any atom is -0.355 e. The largest absolute Gasteiger partial charge is 0.355 e. The van der Waals surface area contributed by atoms with Crippen LogP contribution in [0.4, 0.5) is 0 Å². The lowest BCUT2D eigenvalue weighted by Crippen LogP contribution is -2.31. The van der Waals surface area contributed by atoms with Crippen LogP contribution in [-0.2, 0) is 24.2 Å². The fourth-order valence-electron chi connectivity index (χ4n) is 2.86. The molecule has 2 aromatic heterocycles. The van der Waals surface area contributed by atoms with Gasteiger partial charge in [0.05, 0.1) is 11.7 Å². The summed E-state index contributed by atoms with van der Waals surface area (Å²) in [6.45, 7) is 1.23. The van der Waals surface area contributed by atoms with Gasteiger partial charge in [-0.1, -0.05) is 0 Å². The highest BCUT2D eigenvalue weighted by atomic mass is 35.5. The smallest absolute Gasteiger partial charge is 0.262 e. The summed E-state index contributed by atoms with van der Waals surface area (Å²) in [5.41, 5.74) is 6.51. The van der Waals surface area contributed by atoms with Crippen molar-refractivity contribution in [2.45, 2.75) is 38.6 Å². The standard InChI is InChI=1S/C15H20N4O2S.ClH/c16-6-7-17-12(20)5-8-19-9-18-14-13(15(19)21)10-3-1-2-4-11(10)22-14;/h9H,1-8,16H2,(H,17,20);1H. The Kier molecular flexibility index (Phi) is 6.15. The number of carbonyl (C=O) groups excluding carboxylic acids is 1. The molecule has 1 amide bonds. The Morgan fingerprint density at radius 3 is 2.96 bits per heavy atom. The van der Waals surface area contributed by atoms with Gasteiger partial charge in [-0.15, -0.1) is 23.7 Å². The topological polar surface area (TPSA) is 90.0 Å². The summed E-state index contributed by atoms with van der Waals surface area (Å²) in [4.78, 5) is 30.9. The van der Waals surface area contributed by atoms with Crippen LogP contribution < -0.4 is 16.6 Å². The van der Waals surface area contributed by atoms with Crippen LogP contribution in [0, 0.1) is 0 Å². The number of aromatic nitrogens is 2. The normalized spacial score (nSPS) is 13.4. The molecule has 3 N–H and O–H groups in total. The van der Waals surface area contributed by atoms with Crippen LogP contribution in [-0.4, -0.2) is 28.5 Å². The second-order valence-electron chi connectivity index (χ2n) is 5.52. The number of carbonyl (C=O) groups is 1. The monoisotopic (exact) mass is 356 g/mol. The van der Waals surface area contributed by atoms with Crippen molar-refractivity contribution in [1.29, 1.82) is 0 Å². The number of hydrogen-bond donors (Lipinski definition) is 2. The number of nitrogens with zero attached hydrogens (tertiary/aromatic N) is 2. The van der Waals surface area contributed by atoms with E-state index in [9.17, 15) is 9.59 Å². The van der Waals surface area contributed by atoms with E-state index in [1.54, 1.807) is 22.2 Å². The fraction of sp³-hybridized carbons (Fsp3) is 0.533. The maximum atomic E-state index is 12.7. The minimum absolute atomic E-state index is 0. The van der Waals surface area contributed by atoms with Gasteiger partial charge in [-0.05, 0) is 31.2 Å². The molecule has 6 nitrogen and oxygen atoms in total. The van der Waals surface area contributed by atoms with E-state index in [0.717, 1.165) is 29.5 Å². The van der Waals surface area contributed by atoms with Gasteiger partial charge < -0.3 is 11.1 Å². The van der Waals surface area contributed by atoms with E-state index in [2.05, 4.69) is 10.3 Å². The second kappa shape index (κ2) is 7.90. The summed E-state index contributed by atoms with van der Waals surface area (Å²) in [5, 5.41) is 3.47. The molecule has 2 aromatic rings. The van der Waals surface area contributed by atoms with E-state index in [0.29, 0.717) is 19.6 Å². The number of nitrogens with two attached hydrogens (primary N) is 1. The molecule has 0 radical (unpaired) electrons. The van der Waals surface area contributed by atoms with Gasteiger partial charge >= 0.3 is 0 Å². The Hall–Kier alpha value is -1.44. The predicted molar refractivity (Wildman–Crippen MR) is 94.5 cm³/mol. The summed E-state index contributed by atoms with van der Waals surface area (Å²) < 4.78 is 1.55. The molecule has 0 saturated heterocycles. The molecule has 1 aliphatic carbocycles. The molecule has 3 rings (SSSR count). The first-order chi connectivity index (χ1) is 10.7. The van der Waals surface area contributed by atoms with Crippen molar-refractivity contribution in [3.8, 4) is 0 Å². The number of rotatable bonds is 5. The molecule has 0 spiro atoms. The third-order valence-corrected chi connectivity index (χ3v) is 5.19. The number of nitrogens with one attached hydrogen (secondary N) is 1. The number of hydrogen-bond acceptors (Lipinski definition) is 5. The highest BCUT2D eigenvalue weighted by molar-refractivity contribution is 7.18. The number of halogens is 1. The van der Waals surface area contributed by atoms with Gasteiger partial charge in [-0.2, -0.15) is 0 Å². The van der Waals surface area contributed by atoms with Crippen LogP contribution in [0.3, 0.4) is 0 Å². The lowest BCUT2D eigenvalue weighted by atomic mass is 9.97. The quantitative estimate of drug-likeness (QED) is 0.843. The van der Waals surface area contributed by atoms with Gasteiger partial charge in [0.15, 0.2) is 0 Å². The highest BCUT2D eigenvalue weighted by Crippen LogP contribution is 2.33. The maximum absolute atomic E-state index is 12.7. The van der Waals surface area contributed by atoms with E-state index in [4.69, 9.17) is 5.73 Å². The van der Waals surface area contributed by atoms with Crippen molar-refractivity contribution in [3.63, 3.8) is 0 Å². The van der Waals surface area contributed by atoms with Crippen molar-refractivity contribution in [3.05, 3.63) is 27.1 Å². The first-order valence-corrected chi connectivity index (χ1v) is 8.49. The Labute approximate surface area is 144 Å². The van der Waals surface area contributed by atoms with Gasteiger partial charge in [-0.3, -0.25) is 14.2 Å². The Bertz CT molecular complexity index is 756. The molecule has 1 aliphatic rings. The SMILES string of the molecule is Cl.NCCNC(=O)CCn1cnc2sc3c(c2c1=O)CCCC3. The zero-order valence-electron chi connectivity index (χ0n) is 12.8. The van der Waals surface area contributed by atoms with Crippen molar-refractivity contribution in [2.24, 2.45) is 5.73 Å². The molecule has 0 fully saturated rings. The minimum atomic E-state index is -0.0928. The van der Waals surface area contributed by atoms with Crippen LogP contribution >= 0.6 is 23.7 Å². The average molecular weight is 357 g/mol. The van der Waals surface area contributed by atoms with E-state index in [1.807, 2.05) is 0 Å². The number of amides is 1. The molecule has 0 atom stereocenters. The zero-order valence-corrected chi connectivity index (χ0v) is 14.5. The third-order valence-electron chi connectivity index (χ3n) is 3.99. The van der Waals surface area contributed by atoms with Gasteiger partial charge in [0.2, 0.25) is 5.91 Å². The van der Waals surface area contributed by atoms with Gasteiger partial charge in [0, 0.05) is 30.9 Å². The number of fused-ring (bicyclic) bond motifs is 3. The third kappa shape index (κ3) is 3.73. The van der Waals surface area contributed by atoms with Crippen molar-refractivity contribution in [1.82, 2.24) is 14.9 Å². The molecule has 2 heterocycles. The van der Waals surface area contributed by atoms with E-state index in [-0.39, 0.29) is 30.3 Å². The molecule has 0 unspecified atom stereocenters. The van der Waals surface area contributed by atoms with Crippen molar-refractivity contribution in [2.75, 3.05) is 13.1 Å². The van der Waals surface area contributed by atoms with Crippen LogP contribution in [0.2, 0.25) is 0 Å². The molecular formula is C15H21ClN4O2S. The number of thiophene rings is 1. The van der Waals surface area contributed by atoms with Crippen LogP contribution in [0.1, 0.15) is 29.7 Å².